The first-order valence-electron chi connectivity index (χ1n) is 4.81. The van der Waals surface area contributed by atoms with Gasteiger partial charge in [0.1, 0.15) is 0 Å². The zero-order valence-electron chi connectivity index (χ0n) is 7.84. The molecule has 3 nitrogen and oxygen atoms in total. The molecule has 76 valence electrons. The number of likely N-dealkylation sites (tertiary alicyclic amines) is 1. The summed E-state index contributed by atoms with van der Waals surface area (Å²) in [6.07, 6.45) is 2.22. The van der Waals surface area contributed by atoms with Crippen molar-refractivity contribution in [3.63, 3.8) is 0 Å². The minimum absolute atomic E-state index is 0.0514. The van der Waals surface area contributed by atoms with E-state index in [1.165, 1.54) is 0 Å². The molecule has 0 saturated carbocycles. The minimum Gasteiger partial charge on any atom is -0.342 e. The molecule has 1 atom stereocenters. The molecule has 0 aliphatic carbocycles. The quantitative estimate of drug-likeness (QED) is 0.702. The van der Waals surface area contributed by atoms with Gasteiger partial charge in [-0.05, 0) is 12.8 Å². The molecule has 2 N–H and O–H groups in total. The molecular weight excluding hydrogens is 171 g/mol. The van der Waals surface area contributed by atoms with Gasteiger partial charge in [-0.15, -0.1) is 0 Å². The van der Waals surface area contributed by atoms with Gasteiger partial charge in [0, 0.05) is 32.0 Å². The maximum absolute atomic E-state index is 12.3. The van der Waals surface area contributed by atoms with E-state index in [-0.39, 0.29) is 18.5 Å². The van der Waals surface area contributed by atoms with Crippen molar-refractivity contribution in [2.24, 2.45) is 11.7 Å². The number of hydrogen-bond donors (Lipinski definition) is 1. The van der Waals surface area contributed by atoms with Gasteiger partial charge in [-0.2, -0.15) is 0 Å². The third kappa shape index (κ3) is 2.95. The Morgan fingerprint density at radius 3 is 3.00 bits per heavy atom. The molecule has 1 aliphatic rings. The smallest absolute Gasteiger partial charge is 0.223 e. The van der Waals surface area contributed by atoms with Gasteiger partial charge in [0.2, 0.25) is 5.91 Å². The summed E-state index contributed by atoms with van der Waals surface area (Å²) in [6.45, 7) is 1.42. The topological polar surface area (TPSA) is 46.3 Å². The fraction of sp³-hybridized carbons (Fsp3) is 0.889. The zero-order chi connectivity index (χ0) is 9.68. The lowest BCUT2D eigenvalue weighted by Crippen LogP contribution is -2.41. The van der Waals surface area contributed by atoms with Crippen LogP contribution in [0.5, 0.6) is 0 Å². The lowest BCUT2D eigenvalue weighted by atomic mass is 9.99. The molecule has 0 spiro atoms. The van der Waals surface area contributed by atoms with Crippen molar-refractivity contribution in [2.45, 2.75) is 19.3 Å². The van der Waals surface area contributed by atoms with Crippen LogP contribution < -0.4 is 5.73 Å². The second kappa shape index (κ2) is 5.17. The van der Waals surface area contributed by atoms with Crippen LogP contribution in [0.3, 0.4) is 0 Å². The number of carbonyl (C=O) groups is 1. The average Bonchev–Trinajstić information content (AvgIpc) is 2.18. The van der Waals surface area contributed by atoms with Crippen LogP contribution in [-0.2, 0) is 4.79 Å². The van der Waals surface area contributed by atoms with E-state index >= 15 is 0 Å². The first-order valence-corrected chi connectivity index (χ1v) is 4.81. The van der Waals surface area contributed by atoms with E-state index in [2.05, 4.69) is 0 Å². The molecule has 0 bridgehead atoms. The molecule has 1 aliphatic heterocycles. The summed E-state index contributed by atoms with van der Waals surface area (Å²) < 4.78 is 12.3. The highest BCUT2D eigenvalue weighted by Gasteiger charge is 2.22. The van der Waals surface area contributed by atoms with Crippen molar-refractivity contribution in [1.82, 2.24) is 4.90 Å². The van der Waals surface area contributed by atoms with Gasteiger partial charge in [0.05, 0.1) is 6.67 Å². The van der Waals surface area contributed by atoms with Crippen molar-refractivity contribution in [1.29, 1.82) is 0 Å². The number of halogens is 1. The molecule has 0 aromatic carbocycles. The number of hydrogen-bond acceptors (Lipinski definition) is 2. The molecule has 13 heavy (non-hydrogen) atoms. The average molecular weight is 188 g/mol. The summed E-state index contributed by atoms with van der Waals surface area (Å²) in [7, 11) is 0. The van der Waals surface area contributed by atoms with Crippen LogP contribution in [0.4, 0.5) is 4.39 Å². The number of nitrogens with two attached hydrogens (primary N) is 1. The predicted octanol–water partition coefficient (Wildman–Crippen LogP) is 0.543. The lowest BCUT2D eigenvalue weighted by Gasteiger charge is -2.31. The van der Waals surface area contributed by atoms with E-state index in [1.54, 1.807) is 4.90 Å². The van der Waals surface area contributed by atoms with E-state index in [1.807, 2.05) is 0 Å². The molecule has 1 saturated heterocycles. The van der Waals surface area contributed by atoms with Gasteiger partial charge in [-0.25, -0.2) is 0 Å². The number of amides is 1. The van der Waals surface area contributed by atoms with E-state index in [9.17, 15) is 9.18 Å². The van der Waals surface area contributed by atoms with Crippen LogP contribution in [0.15, 0.2) is 0 Å². The molecule has 1 rings (SSSR count). The van der Waals surface area contributed by atoms with Gasteiger partial charge < -0.3 is 10.6 Å². The fourth-order valence-electron chi connectivity index (χ4n) is 1.70. The number of carbonyl (C=O) groups excluding carboxylic acids is 1. The van der Waals surface area contributed by atoms with Gasteiger partial charge in [-0.1, -0.05) is 0 Å². The molecular formula is C9H17FN2O. The molecule has 0 aromatic heterocycles. The Morgan fingerprint density at radius 2 is 2.38 bits per heavy atom. The van der Waals surface area contributed by atoms with E-state index in [0.717, 1.165) is 19.4 Å². The Hall–Kier alpha value is -0.640. The Kier molecular flexibility index (Phi) is 4.15. The second-order valence-electron chi connectivity index (χ2n) is 3.54. The van der Waals surface area contributed by atoms with E-state index < -0.39 is 0 Å². The third-order valence-electron chi connectivity index (χ3n) is 2.45. The molecule has 1 fully saturated rings. The number of piperidine rings is 1. The highest BCUT2D eigenvalue weighted by molar-refractivity contribution is 5.76. The summed E-state index contributed by atoms with van der Waals surface area (Å²) in [6, 6.07) is 0. The third-order valence-corrected chi connectivity index (χ3v) is 2.45. The zero-order valence-corrected chi connectivity index (χ0v) is 7.84. The molecule has 1 amide bonds. The number of alkyl halides is 1. The maximum Gasteiger partial charge on any atom is 0.223 e. The van der Waals surface area contributed by atoms with Crippen molar-refractivity contribution < 1.29 is 9.18 Å². The van der Waals surface area contributed by atoms with Crippen molar-refractivity contribution in [2.75, 3.05) is 26.3 Å². The van der Waals surface area contributed by atoms with E-state index in [4.69, 9.17) is 5.73 Å². The summed E-state index contributed by atoms with van der Waals surface area (Å²) in [4.78, 5) is 13.1. The predicted molar refractivity (Wildman–Crippen MR) is 49.0 cm³/mol. The summed E-state index contributed by atoms with van der Waals surface area (Å²) in [5.41, 5.74) is 5.28. The summed E-state index contributed by atoms with van der Waals surface area (Å²) >= 11 is 0. The standard InChI is InChI=1S/C9H17FN2O/c10-6-8-2-1-5-12(7-8)9(13)3-4-11/h8H,1-7,11H2. The lowest BCUT2D eigenvalue weighted by molar-refractivity contribution is -0.132. The highest BCUT2D eigenvalue weighted by Crippen LogP contribution is 2.17. The van der Waals surface area contributed by atoms with Crippen LogP contribution in [0.2, 0.25) is 0 Å². The van der Waals surface area contributed by atoms with Crippen LogP contribution in [0.25, 0.3) is 0 Å². The Balaban J connectivity index is 2.37. The highest BCUT2D eigenvalue weighted by atomic mass is 19.1. The Bertz CT molecular complexity index is 175. The number of nitrogens with zero attached hydrogens (tertiary/aromatic N) is 1. The van der Waals surface area contributed by atoms with Gasteiger partial charge in [-0.3, -0.25) is 9.18 Å². The minimum atomic E-state index is -0.313. The largest absolute Gasteiger partial charge is 0.342 e. The van der Waals surface area contributed by atoms with Gasteiger partial charge in [0.15, 0.2) is 0 Å². The van der Waals surface area contributed by atoms with Crippen molar-refractivity contribution in [3.8, 4) is 0 Å². The van der Waals surface area contributed by atoms with Crippen LogP contribution in [0, 0.1) is 5.92 Å². The summed E-state index contributed by atoms with van der Waals surface area (Å²) in [5.74, 6) is 0.121. The molecule has 4 heteroatoms. The molecule has 1 heterocycles. The fourth-order valence-corrected chi connectivity index (χ4v) is 1.70. The Labute approximate surface area is 78.1 Å². The van der Waals surface area contributed by atoms with Crippen molar-refractivity contribution in [3.05, 3.63) is 0 Å². The molecule has 0 radical (unpaired) electrons. The van der Waals surface area contributed by atoms with Crippen LogP contribution in [0.1, 0.15) is 19.3 Å². The Morgan fingerprint density at radius 1 is 1.62 bits per heavy atom. The first-order chi connectivity index (χ1) is 6.27. The van der Waals surface area contributed by atoms with E-state index in [0.29, 0.717) is 19.5 Å². The second-order valence-corrected chi connectivity index (χ2v) is 3.54. The SMILES string of the molecule is NCCC(=O)N1CCCC(CF)C1. The van der Waals surface area contributed by atoms with Gasteiger partial charge >= 0.3 is 0 Å². The molecule has 1 unspecified atom stereocenters. The maximum atomic E-state index is 12.3. The van der Waals surface area contributed by atoms with Crippen LogP contribution >= 0.6 is 0 Å². The van der Waals surface area contributed by atoms with Crippen LogP contribution in [-0.4, -0.2) is 37.1 Å². The first kappa shape index (κ1) is 10.4. The summed E-state index contributed by atoms with van der Waals surface area (Å²) in [5, 5.41) is 0. The molecule has 0 aromatic rings. The van der Waals surface area contributed by atoms with Crippen molar-refractivity contribution >= 4 is 5.91 Å². The monoisotopic (exact) mass is 188 g/mol. The normalized spacial score (nSPS) is 23.2. The number of rotatable bonds is 3. The van der Waals surface area contributed by atoms with Gasteiger partial charge in [0.25, 0.3) is 0 Å².